The van der Waals surface area contributed by atoms with Gasteiger partial charge in [0, 0.05) is 4.88 Å². The molecule has 0 radical (unpaired) electrons. The van der Waals surface area contributed by atoms with Crippen molar-refractivity contribution in [2.45, 2.75) is 30.2 Å². The van der Waals surface area contributed by atoms with Gasteiger partial charge in [0.2, 0.25) is 0 Å². The van der Waals surface area contributed by atoms with Crippen molar-refractivity contribution in [2.24, 2.45) is 0 Å². The Labute approximate surface area is 201 Å². The number of hydrogen-bond donors (Lipinski definition) is 1. The molecule has 0 saturated heterocycles. The van der Waals surface area contributed by atoms with Gasteiger partial charge in [-0.05, 0) is 48.4 Å². The van der Waals surface area contributed by atoms with E-state index in [9.17, 15) is 4.79 Å². The first kappa shape index (κ1) is 20.6. The van der Waals surface area contributed by atoms with E-state index in [4.69, 9.17) is 9.72 Å². The van der Waals surface area contributed by atoms with Gasteiger partial charge in [-0.1, -0.05) is 30.0 Å². The van der Waals surface area contributed by atoms with Gasteiger partial charge in [0.05, 0.1) is 28.8 Å². The number of H-pyrrole nitrogens is 1. The number of aryl methyl sites for hydroxylation is 2. The third kappa shape index (κ3) is 3.58. The lowest BCUT2D eigenvalue weighted by Crippen LogP contribution is -2.11. The number of rotatable bonds is 6. The van der Waals surface area contributed by atoms with Gasteiger partial charge in [0.1, 0.15) is 16.4 Å². The predicted molar refractivity (Wildman–Crippen MR) is 133 cm³/mol. The van der Waals surface area contributed by atoms with Gasteiger partial charge in [0.25, 0.3) is 5.56 Å². The third-order valence-electron chi connectivity index (χ3n) is 5.66. The Morgan fingerprint density at radius 1 is 1.18 bits per heavy atom. The number of thioether (sulfide) groups is 1. The van der Waals surface area contributed by atoms with Crippen LogP contribution < -0.4 is 10.3 Å². The van der Waals surface area contributed by atoms with E-state index in [1.165, 1.54) is 22.2 Å². The molecule has 1 aliphatic carbocycles. The number of nitrogens with zero attached hydrogens (tertiary/aromatic N) is 4. The number of aromatic amines is 1. The smallest absolute Gasteiger partial charge is 0.259 e. The van der Waals surface area contributed by atoms with Crippen molar-refractivity contribution < 1.29 is 4.74 Å². The molecule has 0 fully saturated rings. The molecule has 166 valence electrons. The SMILES string of the molecule is COc1ccccc1-n1c(SCc2nc3sc4c(c3c(=O)[nH]2)CCC4)nnc1-c1cccs1. The molecule has 0 saturated carbocycles. The maximum atomic E-state index is 12.8. The van der Waals surface area contributed by atoms with Gasteiger partial charge in [-0.2, -0.15) is 0 Å². The molecular formula is C23H19N5O2S3. The Bertz CT molecular complexity index is 1520. The van der Waals surface area contributed by atoms with E-state index in [1.807, 2.05) is 46.3 Å². The number of thiophene rings is 2. The molecule has 1 aromatic carbocycles. The van der Waals surface area contributed by atoms with Crippen LogP contribution in [0.25, 0.3) is 26.6 Å². The monoisotopic (exact) mass is 493 g/mol. The molecule has 1 aliphatic rings. The zero-order valence-corrected chi connectivity index (χ0v) is 20.1. The van der Waals surface area contributed by atoms with Crippen LogP contribution in [-0.2, 0) is 18.6 Å². The van der Waals surface area contributed by atoms with Crippen molar-refractivity contribution >= 4 is 44.7 Å². The molecule has 4 heterocycles. The molecular weight excluding hydrogens is 474 g/mol. The minimum atomic E-state index is -0.0412. The Balaban J connectivity index is 1.38. The van der Waals surface area contributed by atoms with Crippen LogP contribution in [0.1, 0.15) is 22.7 Å². The summed E-state index contributed by atoms with van der Waals surface area (Å²) in [4.78, 5) is 23.7. The minimum absolute atomic E-state index is 0.0412. The van der Waals surface area contributed by atoms with Crippen LogP contribution in [-0.4, -0.2) is 31.8 Å². The van der Waals surface area contributed by atoms with Gasteiger partial charge in [-0.25, -0.2) is 4.98 Å². The molecule has 0 spiro atoms. The van der Waals surface area contributed by atoms with Crippen LogP contribution in [0.3, 0.4) is 0 Å². The number of benzene rings is 1. The minimum Gasteiger partial charge on any atom is -0.495 e. The summed E-state index contributed by atoms with van der Waals surface area (Å²) in [6, 6.07) is 11.8. The van der Waals surface area contributed by atoms with Crippen LogP contribution >= 0.6 is 34.4 Å². The lowest BCUT2D eigenvalue weighted by Gasteiger charge is -2.13. The number of fused-ring (bicyclic) bond motifs is 3. The van der Waals surface area contributed by atoms with E-state index in [0.29, 0.717) is 16.7 Å². The van der Waals surface area contributed by atoms with E-state index in [0.717, 1.165) is 51.6 Å². The molecule has 1 N–H and O–H groups in total. The van der Waals surface area contributed by atoms with Crippen LogP contribution in [0.2, 0.25) is 0 Å². The number of para-hydroxylation sites is 2. The number of nitrogens with one attached hydrogen (secondary N) is 1. The maximum Gasteiger partial charge on any atom is 0.259 e. The first-order chi connectivity index (χ1) is 16.2. The van der Waals surface area contributed by atoms with Gasteiger partial charge >= 0.3 is 0 Å². The fourth-order valence-electron chi connectivity index (χ4n) is 4.21. The summed E-state index contributed by atoms with van der Waals surface area (Å²) in [7, 11) is 1.66. The number of hydrogen-bond acceptors (Lipinski definition) is 8. The Kier molecular flexibility index (Phi) is 5.28. The second-order valence-electron chi connectivity index (χ2n) is 7.63. The molecule has 7 nitrogen and oxygen atoms in total. The van der Waals surface area contributed by atoms with Crippen molar-refractivity contribution in [3.05, 3.63) is 68.4 Å². The molecule has 0 aliphatic heterocycles. The molecule has 10 heteroatoms. The molecule has 0 atom stereocenters. The van der Waals surface area contributed by atoms with Crippen molar-refractivity contribution in [2.75, 3.05) is 7.11 Å². The zero-order chi connectivity index (χ0) is 22.4. The maximum absolute atomic E-state index is 12.8. The Morgan fingerprint density at radius 2 is 2.09 bits per heavy atom. The zero-order valence-electron chi connectivity index (χ0n) is 17.7. The fraction of sp³-hybridized carbons (Fsp3) is 0.217. The summed E-state index contributed by atoms with van der Waals surface area (Å²) in [5.74, 6) is 2.61. The lowest BCUT2D eigenvalue weighted by molar-refractivity contribution is 0.412. The average molecular weight is 494 g/mol. The van der Waals surface area contributed by atoms with E-state index in [-0.39, 0.29) is 5.56 Å². The molecule has 33 heavy (non-hydrogen) atoms. The highest BCUT2D eigenvalue weighted by atomic mass is 32.2. The van der Waals surface area contributed by atoms with E-state index < -0.39 is 0 Å². The second kappa shape index (κ2) is 8.44. The fourth-order valence-corrected chi connectivity index (χ4v) is 7.00. The van der Waals surface area contributed by atoms with Crippen molar-refractivity contribution in [3.63, 3.8) is 0 Å². The van der Waals surface area contributed by atoms with Crippen molar-refractivity contribution in [3.8, 4) is 22.1 Å². The third-order valence-corrected chi connectivity index (χ3v) is 8.65. The van der Waals surface area contributed by atoms with E-state index in [2.05, 4.69) is 15.2 Å². The highest BCUT2D eigenvalue weighted by Gasteiger charge is 2.22. The highest BCUT2D eigenvalue weighted by molar-refractivity contribution is 7.98. The summed E-state index contributed by atoms with van der Waals surface area (Å²) < 4.78 is 7.62. The lowest BCUT2D eigenvalue weighted by atomic mass is 10.2. The van der Waals surface area contributed by atoms with E-state index in [1.54, 1.807) is 29.8 Å². The molecule has 4 aromatic heterocycles. The second-order valence-corrected chi connectivity index (χ2v) is 10.6. The molecule has 0 bridgehead atoms. The topological polar surface area (TPSA) is 85.7 Å². The molecule has 0 amide bonds. The normalized spacial score (nSPS) is 13.0. The highest BCUT2D eigenvalue weighted by Crippen LogP contribution is 2.36. The van der Waals surface area contributed by atoms with Gasteiger partial charge in [0.15, 0.2) is 11.0 Å². The largest absolute Gasteiger partial charge is 0.495 e. The van der Waals surface area contributed by atoms with Crippen LogP contribution in [0, 0.1) is 0 Å². The first-order valence-electron chi connectivity index (χ1n) is 10.5. The van der Waals surface area contributed by atoms with Gasteiger partial charge < -0.3 is 9.72 Å². The Morgan fingerprint density at radius 3 is 2.94 bits per heavy atom. The summed E-state index contributed by atoms with van der Waals surface area (Å²) in [6.45, 7) is 0. The summed E-state index contributed by atoms with van der Waals surface area (Å²) in [5, 5.41) is 12.5. The van der Waals surface area contributed by atoms with Crippen LogP contribution in [0.5, 0.6) is 5.75 Å². The number of ether oxygens (including phenoxy) is 1. The number of aromatic nitrogens is 5. The predicted octanol–water partition coefficient (Wildman–Crippen LogP) is 5.08. The first-order valence-corrected chi connectivity index (χ1v) is 13.2. The van der Waals surface area contributed by atoms with E-state index >= 15 is 0 Å². The molecule has 6 rings (SSSR count). The summed E-state index contributed by atoms with van der Waals surface area (Å²) >= 11 is 4.75. The van der Waals surface area contributed by atoms with Gasteiger partial charge in [-0.3, -0.25) is 9.36 Å². The average Bonchev–Trinajstić information content (AvgIpc) is 3.61. The van der Waals surface area contributed by atoms with Gasteiger partial charge in [-0.15, -0.1) is 32.9 Å². The standard InChI is InChI=1S/C23H19N5O2S3/c1-30-15-8-3-2-7-14(15)28-20(17-10-5-11-31-17)26-27-23(28)32-12-18-24-21(29)19-13-6-4-9-16(13)33-22(19)25-18/h2-3,5,7-8,10-11H,4,6,9,12H2,1H3,(H,24,25,29). The summed E-state index contributed by atoms with van der Waals surface area (Å²) in [5.41, 5.74) is 2.02. The quantitative estimate of drug-likeness (QED) is 0.332. The number of methoxy groups -OCH3 is 1. The molecule has 0 unspecified atom stereocenters. The van der Waals surface area contributed by atoms with Crippen molar-refractivity contribution in [1.29, 1.82) is 0 Å². The Hall–Kier alpha value is -2.95. The van der Waals surface area contributed by atoms with Crippen LogP contribution in [0.15, 0.2) is 51.7 Å². The molecule has 5 aromatic rings. The summed E-state index contributed by atoms with van der Waals surface area (Å²) in [6.07, 6.45) is 3.15. The van der Waals surface area contributed by atoms with Crippen molar-refractivity contribution in [1.82, 2.24) is 24.7 Å². The van der Waals surface area contributed by atoms with Crippen LogP contribution in [0.4, 0.5) is 0 Å².